The molecule has 0 radical (unpaired) electrons. The van der Waals surface area contributed by atoms with Crippen molar-refractivity contribution in [3.05, 3.63) is 34.9 Å². The lowest BCUT2D eigenvalue weighted by atomic mass is 9.83. The molecule has 1 N–H and O–H groups in total. The molecule has 0 atom stereocenters. The number of halogens is 1. The highest BCUT2D eigenvalue weighted by molar-refractivity contribution is 6.30. The maximum Gasteiger partial charge on any atom is 0.0896 e. The van der Waals surface area contributed by atoms with Gasteiger partial charge < -0.3 is 5.11 Å². The molecule has 1 aromatic rings. The fourth-order valence-electron chi connectivity index (χ4n) is 3.25. The number of rotatable bonds is 1. The van der Waals surface area contributed by atoms with Gasteiger partial charge in [-0.05, 0) is 30.5 Å². The van der Waals surface area contributed by atoms with Gasteiger partial charge in [0.2, 0.25) is 0 Å². The standard InChI is InChI=1S/C18H27ClO/c19-17-12-10-16(11-13-17)18(20)14-8-6-4-2-1-3-5-7-9-15-18/h10-13,20H,1-9,14-15H2. The second-order valence-corrected chi connectivity index (χ2v) is 6.66. The fourth-order valence-corrected chi connectivity index (χ4v) is 3.37. The van der Waals surface area contributed by atoms with Gasteiger partial charge in [0.05, 0.1) is 5.60 Å². The third-order valence-electron chi connectivity index (χ3n) is 4.56. The first kappa shape index (κ1) is 15.9. The molecule has 0 aliphatic heterocycles. The summed E-state index contributed by atoms with van der Waals surface area (Å²) in [4.78, 5) is 0. The first-order valence-electron chi connectivity index (χ1n) is 8.19. The van der Waals surface area contributed by atoms with E-state index in [1.807, 2.05) is 24.3 Å². The molecule has 0 heterocycles. The van der Waals surface area contributed by atoms with Gasteiger partial charge >= 0.3 is 0 Å². The van der Waals surface area contributed by atoms with Crippen molar-refractivity contribution in [3.63, 3.8) is 0 Å². The van der Waals surface area contributed by atoms with E-state index in [0.717, 1.165) is 36.3 Å². The second-order valence-electron chi connectivity index (χ2n) is 6.22. The van der Waals surface area contributed by atoms with Crippen molar-refractivity contribution in [3.8, 4) is 0 Å². The van der Waals surface area contributed by atoms with Crippen molar-refractivity contribution < 1.29 is 5.11 Å². The smallest absolute Gasteiger partial charge is 0.0896 e. The summed E-state index contributed by atoms with van der Waals surface area (Å²) in [5, 5.41) is 11.8. The zero-order chi connectivity index (χ0) is 14.3. The Morgan fingerprint density at radius 2 is 1.10 bits per heavy atom. The quantitative estimate of drug-likeness (QED) is 0.690. The average Bonchev–Trinajstić information content (AvgIpc) is 2.43. The van der Waals surface area contributed by atoms with Gasteiger partial charge in [0.15, 0.2) is 0 Å². The van der Waals surface area contributed by atoms with Crippen LogP contribution in [0.5, 0.6) is 0 Å². The summed E-state index contributed by atoms with van der Waals surface area (Å²) in [7, 11) is 0. The zero-order valence-electron chi connectivity index (χ0n) is 12.4. The van der Waals surface area contributed by atoms with Crippen molar-refractivity contribution in [1.29, 1.82) is 0 Å². The van der Waals surface area contributed by atoms with Crippen LogP contribution in [0.4, 0.5) is 0 Å². The van der Waals surface area contributed by atoms with Crippen LogP contribution in [-0.4, -0.2) is 5.11 Å². The highest BCUT2D eigenvalue weighted by atomic mass is 35.5. The molecule has 1 aliphatic rings. The summed E-state index contributed by atoms with van der Waals surface area (Å²) in [5.41, 5.74) is 0.392. The van der Waals surface area contributed by atoms with Crippen LogP contribution in [0.3, 0.4) is 0 Å². The van der Waals surface area contributed by atoms with E-state index in [4.69, 9.17) is 11.6 Å². The molecule has 0 amide bonds. The van der Waals surface area contributed by atoms with Crippen molar-refractivity contribution in [1.82, 2.24) is 0 Å². The predicted octanol–water partition coefficient (Wildman–Crippen LogP) is 5.83. The Kier molecular flexibility index (Phi) is 6.38. The zero-order valence-corrected chi connectivity index (χ0v) is 13.2. The molecule has 1 fully saturated rings. The average molecular weight is 295 g/mol. The van der Waals surface area contributed by atoms with E-state index in [9.17, 15) is 5.11 Å². The van der Waals surface area contributed by atoms with Crippen LogP contribution in [0.2, 0.25) is 5.02 Å². The Bertz CT molecular complexity index is 373. The molecule has 0 saturated heterocycles. The molecule has 2 rings (SSSR count). The van der Waals surface area contributed by atoms with Crippen molar-refractivity contribution in [2.75, 3.05) is 0 Å². The highest BCUT2D eigenvalue weighted by Gasteiger charge is 2.28. The Morgan fingerprint density at radius 3 is 1.55 bits per heavy atom. The van der Waals surface area contributed by atoms with E-state index >= 15 is 0 Å². The lowest BCUT2D eigenvalue weighted by Gasteiger charge is -2.29. The van der Waals surface area contributed by atoms with E-state index in [-0.39, 0.29) is 0 Å². The molecule has 1 saturated carbocycles. The maximum atomic E-state index is 11.1. The Morgan fingerprint density at radius 1 is 0.700 bits per heavy atom. The number of benzene rings is 1. The minimum absolute atomic E-state index is 0.649. The molecule has 0 bridgehead atoms. The highest BCUT2D eigenvalue weighted by Crippen LogP contribution is 2.34. The third kappa shape index (κ3) is 4.79. The molecule has 0 unspecified atom stereocenters. The van der Waals surface area contributed by atoms with Crippen molar-refractivity contribution in [2.45, 2.75) is 76.2 Å². The van der Waals surface area contributed by atoms with E-state index < -0.39 is 5.60 Å². The summed E-state index contributed by atoms with van der Waals surface area (Å²) in [6.45, 7) is 0. The molecule has 1 aliphatic carbocycles. The summed E-state index contributed by atoms with van der Waals surface area (Å²) in [6.07, 6.45) is 13.3. The summed E-state index contributed by atoms with van der Waals surface area (Å²) in [6, 6.07) is 7.78. The van der Waals surface area contributed by atoms with Crippen molar-refractivity contribution in [2.24, 2.45) is 0 Å². The Balaban J connectivity index is 2.04. The predicted molar refractivity (Wildman–Crippen MR) is 86.1 cm³/mol. The second kappa shape index (κ2) is 8.05. The van der Waals surface area contributed by atoms with E-state index in [1.165, 1.54) is 44.9 Å². The van der Waals surface area contributed by atoms with Crippen LogP contribution in [0, 0.1) is 0 Å². The topological polar surface area (TPSA) is 20.2 Å². The minimum Gasteiger partial charge on any atom is -0.385 e. The van der Waals surface area contributed by atoms with Gasteiger partial charge in [-0.15, -0.1) is 0 Å². The minimum atomic E-state index is -0.649. The van der Waals surface area contributed by atoms with Gasteiger partial charge in [-0.1, -0.05) is 81.5 Å². The van der Waals surface area contributed by atoms with Gasteiger partial charge in [-0.2, -0.15) is 0 Å². The summed E-state index contributed by atoms with van der Waals surface area (Å²) < 4.78 is 0. The lowest BCUT2D eigenvalue weighted by molar-refractivity contribution is 0.0130. The van der Waals surface area contributed by atoms with Crippen LogP contribution >= 0.6 is 11.6 Å². The molecule has 2 heteroatoms. The van der Waals surface area contributed by atoms with Crippen LogP contribution in [-0.2, 0) is 5.60 Å². The molecule has 1 nitrogen and oxygen atoms in total. The van der Waals surface area contributed by atoms with Crippen LogP contribution in [0.15, 0.2) is 24.3 Å². The van der Waals surface area contributed by atoms with Crippen LogP contribution in [0.1, 0.15) is 76.2 Å². The van der Waals surface area contributed by atoms with Gasteiger partial charge in [0, 0.05) is 5.02 Å². The monoisotopic (exact) mass is 294 g/mol. The third-order valence-corrected chi connectivity index (χ3v) is 4.81. The number of aliphatic hydroxyl groups is 1. The Labute approximate surface area is 128 Å². The Hall–Kier alpha value is -0.530. The van der Waals surface area contributed by atoms with Crippen LogP contribution in [0.25, 0.3) is 0 Å². The van der Waals surface area contributed by atoms with E-state index in [2.05, 4.69) is 0 Å². The molecular formula is C18H27ClO. The van der Waals surface area contributed by atoms with E-state index in [0.29, 0.717) is 0 Å². The summed E-state index contributed by atoms with van der Waals surface area (Å²) in [5.74, 6) is 0. The number of hydrogen-bond acceptors (Lipinski definition) is 1. The largest absolute Gasteiger partial charge is 0.385 e. The van der Waals surface area contributed by atoms with Gasteiger partial charge in [0.25, 0.3) is 0 Å². The summed E-state index contributed by atoms with van der Waals surface area (Å²) >= 11 is 5.96. The SMILES string of the molecule is OC1(c2ccc(Cl)cc2)CCCCCCCCCCC1. The first-order chi connectivity index (χ1) is 9.71. The molecule has 112 valence electrons. The van der Waals surface area contributed by atoms with Gasteiger partial charge in [-0.3, -0.25) is 0 Å². The maximum absolute atomic E-state index is 11.1. The normalized spacial score (nSPS) is 21.7. The molecular weight excluding hydrogens is 268 g/mol. The lowest BCUT2D eigenvalue weighted by Crippen LogP contribution is -2.25. The van der Waals surface area contributed by atoms with E-state index in [1.54, 1.807) is 0 Å². The van der Waals surface area contributed by atoms with Crippen molar-refractivity contribution >= 4 is 11.6 Å². The molecule has 0 spiro atoms. The van der Waals surface area contributed by atoms with Gasteiger partial charge in [-0.25, -0.2) is 0 Å². The molecule has 0 aromatic heterocycles. The molecule has 1 aromatic carbocycles. The fraction of sp³-hybridized carbons (Fsp3) is 0.667. The van der Waals surface area contributed by atoms with Crippen LogP contribution < -0.4 is 0 Å². The molecule has 20 heavy (non-hydrogen) atoms. The number of hydrogen-bond donors (Lipinski definition) is 1. The first-order valence-corrected chi connectivity index (χ1v) is 8.57. The van der Waals surface area contributed by atoms with Gasteiger partial charge in [0.1, 0.15) is 0 Å².